The number of aryl methyl sites for hydroxylation is 2. The van der Waals surface area contributed by atoms with Crippen molar-refractivity contribution in [3.63, 3.8) is 0 Å². The topological polar surface area (TPSA) is 50.7 Å². The van der Waals surface area contributed by atoms with E-state index in [-0.39, 0.29) is 5.56 Å². The minimum atomic E-state index is -0.0527. The van der Waals surface area contributed by atoms with Crippen molar-refractivity contribution < 1.29 is 0 Å². The van der Waals surface area contributed by atoms with Crippen molar-refractivity contribution in [2.75, 3.05) is 0 Å². The fraction of sp³-hybridized carbons (Fsp3) is 0.200. The Labute approximate surface area is 81.2 Å². The summed E-state index contributed by atoms with van der Waals surface area (Å²) in [5.74, 6) is 0.628. The van der Waals surface area contributed by atoms with Crippen LogP contribution < -0.4 is 5.56 Å². The lowest BCUT2D eigenvalue weighted by molar-refractivity contribution is 0.812. The number of nitrogens with one attached hydrogen (secondary N) is 1. The maximum atomic E-state index is 11.6. The zero-order chi connectivity index (χ0) is 10.1. The monoisotopic (exact) mass is 189 g/mol. The largest absolute Gasteiger partial charge is 0.297 e. The van der Waals surface area contributed by atoms with Gasteiger partial charge in [0.15, 0.2) is 5.82 Å². The second-order valence-electron chi connectivity index (χ2n) is 3.23. The standard InChI is InChI=1S/C10H11N3O/c1-7-6-11-13(10(7)14)9-5-3-4-8(2)12-9/h3-6,11H,1-2H3. The summed E-state index contributed by atoms with van der Waals surface area (Å²) in [6.45, 7) is 3.66. The molecule has 4 heteroatoms. The van der Waals surface area contributed by atoms with Gasteiger partial charge in [-0.2, -0.15) is 0 Å². The van der Waals surface area contributed by atoms with E-state index in [0.717, 1.165) is 5.69 Å². The maximum absolute atomic E-state index is 11.6. The van der Waals surface area contributed by atoms with E-state index >= 15 is 0 Å². The van der Waals surface area contributed by atoms with E-state index in [0.29, 0.717) is 11.4 Å². The highest BCUT2D eigenvalue weighted by molar-refractivity contribution is 5.24. The molecule has 2 aromatic rings. The van der Waals surface area contributed by atoms with Crippen LogP contribution in [0.15, 0.2) is 29.2 Å². The predicted molar refractivity (Wildman–Crippen MR) is 53.7 cm³/mol. The minimum absolute atomic E-state index is 0.0527. The van der Waals surface area contributed by atoms with Crippen LogP contribution in [0.5, 0.6) is 0 Å². The molecule has 0 unspecified atom stereocenters. The molecule has 2 rings (SSSR count). The van der Waals surface area contributed by atoms with Gasteiger partial charge in [0.25, 0.3) is 5.56 Å². The van der Waals surface area contributed by atoms with E-state index in [9.17, 15) is 4.79 Å². The van der Waals surface area contributed by atoms with Gasteiger partial charge in [-0.25, -0.2) is 9.67 Å². The highest BCUT2D eigenvalue weighted by Crippen LogP contribution is 2.01. The molecule has 0 aliphatic carbocycles. The molecular weight excluding hydrogens is 178 g/mol. The molecule has 14 heavy (non-hydrogen) atoms. The third-order valence-corrected chi connectivity index (χ3v) is 2.05. The van der Waals surface area contributed by atoms with Gasteiger partial charge < -0.3 is 0 Å². The van der Waals surface area contributed by atoms with Crippen LogP contribution in [0.3, 0.4) is 0 Å². The first-order chi connectivity index (χ1) is 6.68. The van der Waals surface area contributed by atoms with Crippen molar-refractivity contribution in [3.8, 4) is 5.82 Å². The van der Waals surface area contributed by atoms with Crippen LogP contribution in [0, 0.1) is 13.8 Å². The summed E-state index contributed by atoms with van der Waals surface area (Å²) in [5.41, 5.74) is 1.53. The van der Waals surface area contributed by atoms with Crippen LogP contribution in [-0.2, 0) is 0 Å². The molecule has 2 heterocycles. The quantitative estimate of drug-likeness (QED) is 0.732. The van der Waals surface area contributed by atoms with Gasteiger partial charge in [-0.1, -0.05) is 6.07 Å². The van der Waals surface area contributed by atoms with Crippen molar-refractivity contribution in [1.82, 2.24) is 14.8 Å². The molecule has 0 amide bonds. The average molecular weight is 189 g/mol. The maximum Gasteiger partial charge on any atom is 0.275 e. The Kier molecular flexibility index (Phi) is 1.96. The second kappa shape index (κ2) is 3.14. The van der Waals surface area contributed by atoms with Crippen molar-refractivity contribution in [2.45, 2.75) is 13.8 Å². The van der Waals surface area contributed by atoms with E-state index in [1.54, 1.807) is 19.2 Å². The summed E-state index contributed by atoms with van der Waals surface area (Å²) in [5, 5.41) is 2.86. The number of H-pyrrole nitrogens is 1. The molecule has 0 aliphatic rings. The molecule has 0 radical (unpaired) electrons. The van der Waals surface area contributed by atoms with Gasteiger partial charge in [-0.15, -0.1) is 0 Å². The lowest BCUT2D eigenvalue weighted by atomic mass is 10.4. The van der Waals surface area contributed by atoms with Crippen LogP contribution in [0.25, 0.3) is 5.82 Å². The smallest absolute Gasteiger partial charge is 0.275 e. The summed E-state index contributed by atoms with van der Waals surface area (Å²) >= 11 is 0. The van der Waals surface area contributed by atoms with E-state index in [4.69, 9.17) is 0 Å². The van der Waals surface area contributed by atoms with E-state index < -0.39 is 0 Å². The van der Waals surface area contributed by atoms with E-state index in [1.807, 2.05) is 19.1 Å². The average Bonchev–Trinajstić information content (AvgIpc) is 2.48. The number of rotatable bonds is 1. The Morgan fingerprint density at radius 3 is 2.71 bits per heavy atom. The fourth-order valence-electron chi connectivity index (χ4n) is 1.28. The van der Waals surface area contributed by atoms with Crippen molar-refractivity contribution in [2.24, 2.45) is 0 Å². The first-order valence-corrected chi connectivity index (χ1v) is 4.39. The first-order valence-electron chi connectivity index (χ1n) is 4.39. The zero-order valence-corrected chi connectivity index (χ0v) is 8.11. The molecule has 0 saturated carbocycles. The third kappa shape index (κ3) is 1.35. The third-order valence-electron chi connectivity index (χ3n) is 2.05. The molecule has 1 N–H and O–H groups in total. The Morgan fingerprint density at radius 1 is 1.36 bits per heavy atom. The second-order valence-corrected chi connectivity index (χ2v) is 3.23. The van der Waals surface area contributed by atoms with Gasteiger partial charge in [-0.3, -0.25) is 9.89 Å². The minimum Gasteiger partial charge on any atom is -0.297 e. The van der Waals surface area contributed by atoms with Crippen LogP contribution in [-0.4, -0.2) is 14.8 Å². The summed E-state index contributed by atoms with van der Waals surface area (Å²) in [6, 6.07) is 5.56. The Bertz CT molecular complexity index is 510. The van der Waals surface area contributed by atoms with E-state index in [2.05, 4.69) is 10.1 Å². The van der Waals surface area contributed by atoms with Gasteiger partial charge in [0.05, 0.1) is 0 Å². The Balaban J connectivity index is 2.60. The molecule has 0 aromatic carbocycles. The van der Waals surface area contributed by atoms with Crippen LogP contribution in [0.4, 0.5) is 0 Å². The highest BCUT2D eigenvalue weighted by atomic mass is 16.1. The molecule has 0 saturated heterocycles. The highest BCUT2D eigenvalue weighted by Gasteiger charge is 2.04. The summed E-state index contributed by atoms with van der Waals surface area (Å²) < 4.78 is 1.43. The fourth-order valence-corrected chi connectivity index (χ4v) is 1.28. The van der Waals surface area contributed by atoms with Crippen molar-refractivity contribution in [3.05, 3.63) is 46.0 Å². The molecule has 0 atom stereocenters. The lowest BCUT2D eigenvalue weighted by Crippen LogP contribution is -2.17. The Hall–Kier alpha value is -1.84. The number of aromatic amines is 1. The normalized spacial score (nSPS) is 10.4. The number of hydrogen-bond acceptors (Lipinski definition) is 2. The van der Waals surface area contributed by atoms with Crippen LogP contribution in [0.2, 0.25) is 0 Å². The van der Waals surface area contributed by atoms with Gasteiger partial charge in [0, 0.05) is 17.5 Å². The van der Waals surface area contributed by atoms with E-state index in [1.165, 1.54) is 4.68 Å². The Morgan fingerprint density at radius 2 is 2.14 bits per heavy atom. The zero-order valence-electron chi connectivity index (χ0n) is 8.11. The van der Waals surface area contributed by atoms with Crippen molar-refractivity contribution >= 4 is 0 Å². The SMILES string of the molecule is Cc1cccc(-n2[nH]cc(C)c2=O)n1. The molecule has 2 aromatic heterocycles. The molecule has 0 aliphatic heterocycles. The number of aromatic nitrogens is 3. The number of hydrogen-bond donors (Lipinski definition) is 1. The molecule has 4 nitrogen and oxygen atoms in total. The molecule has 72 valence electrons. The van der Waals surface area contributed by atoms with Crippen LogP contribution in [0.1, 0.15) is 11.3 Å². The molecule has 0 fully saturated rings. The van der Waals surface area contributed by atoms with Crippen molar-refractivity contribution in [1.29, 1.82) is 0 Å². The number of nitrogens with zero attached hydrogens (tertiary/aromatic N) is 2. The predicted octanol–water partition coefficient (Wildman–Crippen LogP) is 1.18. The molecular formula is C10H11N3O. The first kappa shape index (κ1) is 8.74. The molecule has 0 spiro atoms. The van der Waals surface area contributed by atoms with Gasteiger partial charge in [-0.05, 0) is 26.0 Å². The van der Waals surface area contributed by atoms with Crippen LogP contribution >= 0.6 is 0 Å². The number of pyridine rings is 1. The van der Waals surface area contributed by atoms with Gasteiger partial charge in [0.2, 0.25) is 0 Å². The van der Waals surface area contributed by atoms with Gasteiger partial charge >= 0.3 is 0 Å². The summed E-state index contributed by atoms with van der Waals surface area (Å²) in [4.78, 5) is 15.8. The molecule has 0 bridgehead atoms. The van der Waals surface area contributed by atoms with Gasteiger partial charge in [0.1, 0.15) is 0 Å². The summed E-state index contributed by atoms with van der Waals surface area (Å²) in [6.07, 6.45) is 1.67. The lowest BCUT2D eigenvalue weighted by Gasteiger charge is -2.00. The summed E-state index contributed by atoms with van der Waals surface area (Å²) in [7, 11) is 0.